The second kappa shape index (κ2) is 4.79. The molecule has 1 rings (SSSR count). The van der Waals surface area contributed by atoms with E-state index in [1.165, 1.54) is 24.3 Å². The van der Waals surface area contributed by atoms with Crippen LogP contribution in [0.2, 0.25) is 0 Å². The number of nitrogens with two attached hydrogens (primary N) is 1. The lowest BCUT2D eigenvalue weighted by Crippen LogP contribution is -2.43. The fourth-order valence-electron chi connectivity index (χ4n) is 1.57. The first-order valence-electron chi connectivity index (χ1n) is 4.99. The second-order valence-corrected chi connectivity index (χ2v) is 4.00. The zero-order valence-corrected chi connectivity index (χ0v) is 9.31. The third kappa shape index (κ3) is 3.38. The van der Waals surface area contributed by atoms with Crippen molar-refractivity contribution in [1.82, 2.24) is 0 Å². The summed E-state index contributed by atoms with van der Waals surface area (Å²) in [4.78, 5) is 0. The van der Waals surface area contributed by atoms with E-state index in [4.69, 9.17) is 5.73 Å². The quantitative estimate of drug-likeness (QED) is 0.815. The van der Waals surface area contributed by atoms with E-state index in [1.54, 1.807) is 6.92 Å². The largest absolute Gasteiger partial charge is 0.402 e. The molecular formula is C11H11F6N. The van der Waals surface area contributed by atoms with Crippen molar-refractivity contribution in [2.75, 3.05) is 0 Å². The van der Waals surface area contributed by atoms with Gasteiger partial charge in [-0.05, 0) is 12.5 Å². The van der Waals surface area contributed by atoms with Crippen LogP contribution in [0.25, 0.3) is 0 Å². The number of hydrogen-bond donors (Lipinski definition) is 1. The van der Waals surface area contributed by atoms with Gasteiger partial charge in [-0.2, -0.15) is 26.3 Å². The molecule has 0 radical (unpaired) electrons. The van der Waals surface area contributed by atoms with Crippen molar-refractivity contribution in [2.45, 2.75) is 25.3 Å². The Hall–Kier alpha value is -1.24. The van der Waals surface area contributed by atoms with Gasteiger partial charge in [-0.25, -0.2) is 0 Å². The van der Waals surface area contributed by atoms with E-state index < -0.39 is 24.3 Å². The number of alkyl halides is 6. The van der Waals surface area contributed by atoms with Gasteiger partial charge in [0, 0.05) is 0 Å². The SMILES string of the molecule is Cc1ccc(C(N)C(C(F)(F)F)C(F)(F)F)cc1. The maximum Gasteiger partial charge on any atom is 0.402 e. The van der Waals surface area contributed by atoms with E-state index in [-0.39, 0.29) is 5.56 Å². The topological polar surface area (TPSA) is 26.0 Å². The second-order valence-electron chi connectivity index (χ2n) is 4.00. The minimum absolute atomic E-state index is 0.194. The number of benzene rings is 1. The van der Waals surface area contributed by atoms with Crippen LogP contribution in [0.4, 0.5) is 26.3 Å². The molecule has 1 atom stereocenters. The van der Waals surface area contributed by atoms with Gasteiger partial charge in [0.05, 0.1) is 6.04 Å². The van der Waals surface area contributed by atoms with Crippen LogP contribution in [0.15, 0.2) is 24.3 Å². The van der Waals surface area contributed by atoms with Gasteiger partial charge in [-0.3, -0.25) is 0 Å². The van der Waals surface area contributed by atoms with Crippen molar-refractivity contribution in [1.29, 1.82) is 0 Å². The summed E-state index contributed by atoms with van der Waals surface area (Å²) in [6.07, 6.45) is -10.9. The van der Waals surface area contributed by atoms with Gasteiger partial charge >= 0.3 is 12.4 Å². The van der Waals surface area contributed by atoms with E-state index in [0.717, 1.165) is 5.56 Å². The molecule has 7 heteroatoms. The highest BCUT2D eigenvalue weighted by Crippen LogP contribution is 2.45. The maximum atomic E-state index is 12.4. The molecule has 1 nitrogen and oxygen atoms in total. The predicted octanol–water partition coefficient (Wildman–Crippen LogP) is 3.74. The third-order valence-corrected chi connectivity index (χ3v) is 2.53. The van der Waals surface area contributed by atoms with Gasteiger partial charge in [0.2, 0.25) is 0 Å². The highest BCUT2D eigenvalue weighted by atomic mass is 19.4. The third-order valence-electron chi connectivity index (χ3n) is 2.53. The zero-order chi connectivity index (χ0) is 14.1. The first-order valence-corrected chi connectivity index (χ1v) is 4.99. The van der Waals surface area contributed by atoms with E-state index in [1.807, 2.05) is 0 Å². The Bertz CT molecular complexity index is 377. The summed E-state index contributed by atoms with van der Waals surface area (Å²) < 4.78 is 74.6. The molecule has 2 N–H and O–H groups in total. The lowest BCUT2D eigenvalue weighted by atomic mass is 9.92. The summed E-state index contributed by atoms with van der Waals surface area (Å²) in [5, 5.41) is 0. The Labute approximate surface area is 99.6 Å². The maximum absolute atomic E-state index is 12.4. The van der Waals surface area contributed by atoms with E-state index >= 15 is 0 Å². The van der Waals surface area contributed by atoms with E-state index in [2.05, 4.69) is 0 Å². The van der Waals surface area contributed by atoms with E-state index in [0.29, 0.717) is 0 Å². The van der Waals surface area contributed by atoms with Crippen LogP contribution in [0.5, 0.6) is 0 Å². The van der Waals surface area contributed by atoms with Gasteiger partial charge in [-0.1, -0.05) is 29.8 Å². The number of hydrogen-bond acceptors (Lipinski definition) is 1. The van der Waals surface area contributed by atoms with Gasteiger partial charge in [-0.15, -0.1) is 0 Å². The van der Waals surface area contributed by atoms with Crippen molar-refractivity contribution in [3.8, 4) is 0 Å². The molecule has 0 aliphatic heterocycles. The molecule has 0 heterocycles. The van der Waals surface area contributed by atoms with Crippen molar-refractivity contribution in [3.05, 3.63) is 35.4 Å². The Balaban J connectivity index is 3.11. The number of rotatable bonds is 2. The van der Waals surface area contributed by atoms with Gasteiger partial charge in [0.15, 0.2) is 5.92 Å². The molecule has 102 valence electrons. The summed E-state index contributed by atoms with van der Waals surface area (Å²) in [5.41, 5.74) is 5.65. The van der Waals surface area contributed by atoms with Crippen LogP contribution >= 0.6 is 0 Å². The summed E-state index contributed by atoms with van der Waals surface area (Å²) >= 11 is 0. The molecule has 0 saturated heterocycles. The van der Waals surface area contributed by atoms with Crippen LogP contribution in [0, 0.1) is 12.8 Å². The molecule has 1 unspecified atom stereocenters. The average Bonchev–Trinajstić information content (AvgIpc) is 2.13. The predicted molar refractivity (Wildman–Crippen MR) is 53.7 cm³/mol. The smallest absolute Gasteiger partial charge is 0.323 e. The standard InChI is InChI=1S/C11H11F6N/c1-6-2-4-7(5-3-6)8(18)9(10(12,13)14)11(15,16)17/h2-5,8-9H,18H2,1H3. The average molecular weight is 271 g/mol. The lowest BCUT2D eigenvalue weighted by Gasteiger charge is -2.28. The minimum Gasteiger partial charge on any atom is -0.323 e. The molecule has 0 saturated carbocycles. The Morgan fingerprint density at radius 2 is 1.28 bits per heavy atom. The van der Waals surface area contributed by atoms with Crippen molar-refractivity contribution >= 4 is 0 Å². The van der Waals surface area contributed by atoms with Crippen molar-refractivity contribution in [3.63, 3.8) is 0 Å². The Kier molecular flexibility index (Phi) is 3.95. The summed E-state index contributed by atoms with van der Waals surface area (Å²) in [5.74, 6) is -3.56. The summed E-state index contributed by atoms with van der Waals surface area (Å²) in [6, 6.07) is 3.01. The van der Waals surface area contributed by atoms with E-state index in [9.17, 15) is 26.3 Å². The van der Waals surface area contributed by atoms with Gasteiger partial charge < -0.3 is 5.73 Å². The molecule has 0 fully saturated rings. The molecular weight excluding hydrogens is 260 g/mol. The zero-order valence-electron chi connectivity index (χ0n) is 9.31. The molecule has 1 aromatic rings. The van der Waals surface area contributed by atoms with Gasteiger partial charge in [0.25, 0.3) is 0 Å². The monoisotopic (exact) mass is 271 g/mol. The van der Waals surface area contributed by atoms with Crippen LogP contribution < -0.4 is 5.73 Å². The molecule has 1 aromatic carbocycles. The summed E-state index contributed by atoms with van der Waals surface area (Å²) in [6.45, 7) is 1.67. The van der Waals surface area contributed by atoms with Crippen LogP contribution in [-0.4, -0.2) is 12.4 Å². The molecule has 0 bridgehead atoms. The molecule has 18 heavy (non-hydrogen) atoms. The summed E-state index contributed by atoms with van der Waals surface area (Å²) in [7, 11) is 0. The fourth-order valence-corrected chi connectivity index (χ4v) is 1.57. The van der Waals surface area contributed by atoms with Gasteiger partial charge in [0.1, 0.15) is 0 Å². The molecule has 0 aliphatic carbocycles. The molecule has 0 aromatic heterocycles. The van der Waals surface area contributed by atoms with Crippen LogP contribution in [0.3, 0.4) is 0 Å². The van der Waals surface area contributed by atoms with Crippen molar-refractivity contribution in [2.24, 2.45) is 11.7 Å². The Morgan fingerprint density at radius 1 is 0.889 bits per heavy atom. The number of halogens is 6. The lowest BCUT2D eigenvalue weighted by molar-refractivity contribution is -0.290. The number of aryl methyl sites for hydroxylation is 1. The molecule has 0 amide bonds. The van der Waals surface area contributed by atoms with Crippen LogP contribution in [0.1, 0.15) is 17.2 Å². The molecule has 0 spiro atoms. The first kappa shape index (κ1) is 14.8. The van der Waals surface area contributed by atoms with Crippen LogP contribution in [-0.2, 0) is 0 Å². The first-order chi connectivity index (χ1) is 8.03. The normalized spacial score (nSPS) is 14.9. The molecule has 0 aliphatic rings. The fraction of sp³-hybridized carbons (Fsp3) is 0.455. The highest BCUT2D eigenvalue weighted by molar-refractivity contribution is 5.25. The highest BCUT2D eigenvalue weighted by Gasteiger charge is 2.59. The van der Waals surface area contributed by atoms with Crippen molar-refractivity contribution < 1.29 is 26.3 Å². The Morgan fingerprint density at radius 3 is 1.61 bits per heavy atom. The minimum atomic E-state index is -5.43.